The summed E-state index contributed by atoms with van der Waals surface area (Å²) >= 11 is 0. The molecule has 0 radical (unpaired) electrons. The molecular formula is C5H11N3O4. The molecule has 1 atom stereocenters. The maximum Gasteiger partial charge on any atom is 0.336 e. The van der Waals surface area contributed by atoms with Gasteiger partial charge in [-0.3, -0.25) is 4.84 Å². The van der Waals surface area contributed by atoms with Crippen LogP contribution in [0, 0.1) is 0 Å². The van der Waals surface area contributed by atoms with E-state index >= 15 is 0 Å². The molecule has 6 N–H and O–H groups in total. The first-order valence-electron chi connectivity index (χ1n) is 3.25. The third-order valence-corrected chi connectivity index (χ3v) is 1.07. The van der Waals surface area contributed by atoms with Crippen molar-refractivity contribution in [3.05, 3.63) is 0 Å². The zero-order valence-electron chi connectivity index (χ0n) is 6.41. The first kappa shape index (κ1) is 10.7. The van der Waals surface area contributed by atoms with Crippen molar-refractivity contribution in [2.45, 2.75) is 12.5 Å². The second kappa shape index (κ2) is 5.33. The van der Waals surface area contributed by atoms with Crippen LogP contribution in [0.3, 0.4) is 0 Å². The maximum atomic E-state index is 10.1. The summed E-state index contributed by atoms with van der Waals surface area (Å²) in [6, 6.07) is -1.68. The second-order valence-electron chi connectivity index (χ2n) is 2.12. The Hall–Kier alpha value is -1.34. The summed E-state index contributed by atoms with van der Waals surface area (Å²) in [4.78, 5) is 24.6. The number of rotatable bonds is 5. The van der Waals surface area contributed by atoms with Crippen molar-refractivity contribution < 1.29 is 25.3 Å². The number of urea groups is 1. The Morgan fingerprint density at radius 3 is 2.67 bits per heavy atom. The van der Waals surface area contributed by atoms with Gasteiger partial charge in [0.25, 0.3) is 0 Å². The van der Waals surface area contributed by atoms with Gasteiger partial charge in [0.15, 0.2) is 0 Å². The highest BCUT2D eigenvalue weighted by Gasteiger charge is 2.06. The van der Waals surface area contributed by atoms with Gasteiger partial charge in [-0.15, -0.1) is 0 Å². The fourth-order valence-electron chi connectivity index (χ4n) is 0.441. The number of hydrogen-bond acceptors (Lipinski definition) is 4. The first-order chi connectivity index (χ1) is 5.54. The van der Waals surface area contributed by atoms with Gasteiger partial charge in [-0.1, -0.05) is 0 Å². The molecule has 0 aromatic carbocycles. The average molecular weight is 177 g/mol. The maximum absolute atomic E-state index is 10.1. The fourth-order valence-corrected chi connectivity index (χ4v) is 0.441. The number of amides is 2. The van der Waals surface area contributed by atoms with Gasteiger partial charge in [-0.05, 0) is 0 Å². The van der Waals surface area contributed by atoms with Crippen molar-refractivity contribution in [1.29, 1.82) is 0 Å². The van der Waals surface area contributed by atoms with E-state index in [0.717, 1.165) is 0 Å². The number of quaternary nitrogens is 1. The highest BCUT2D eigenvalue weighted by atomic mass is 16.7. The van der Waals surface area contributed by atoms with Gasteiger partial charge in [-0.2, -0.15) is 0 Å². The van der Waals surface area contributed by atoms with Gasteiger partial charge < -0.3 is 21.4 Å². The molecule has 0 aromatic heterocycles. The number of nitrogens with one attached hydrogen (secondary N) is 1. The molecule has 2 amide bonds. The van der Waals surface area contributed by atoms with E-state index in [1.165, 1.54) is 0 Å². The van der Waals surface area contributed by atoms with Gasteiger partial charge in [0, 0.05) is 6.42 Å². The third-order valence-electron chi connectivity index (χ3n) is 1.07. The Labute approximate surface area is 68.6 Å². The van der Waals surface area contributed by atoms with E-state index in [2.05, 4.69) is 16.3 Å². The average Bonchev–Trinajstić information content (AvgIpc) is 1.97. The number of hydrogen-bond donors (Lipinski definition) is 3. The monoisotopic (exact) mass is 177 g/mol. The lowest BCUT2D eigenvalue weighted by Crippen LogP contribution is -2.68. The van der Waals surface area contributed by atoms with Gasteiger partial charge >= 0.3 is 6.03 Å². The van der Waals surface area contributed by atoms with E-state index in [4.69, 9.17) is 0 Å². The smallest absolute Gasteiger partial charge is 0.336 e. The number of carbonyl (C=O) groups is 2. The molecule has 0 saturated heterocycles. The quantitative estimate of drug-likeness (QED) is 0.295. The number of carboxylic acid groups (broad SMARTS) is 1. The van der Waals surface area contributed by atoms with E-state index in [1.54, 1.807) is 0 Å². The molecule has 0 aliphatic carbocycles. The molecule has 0 fully saturated rings. The summed E-state index contributed by atoms with van der Waals surface area (Å²) in [7, 11) is 0. The first-order valence-corrected chi connectivity index (χ1v) is 3.25. The van der Waals surface area contributed by atoms with Crippen LogP contribution in [0.5, 0.6) is 0 Å². The Kier molecular flexibility index (Phi) is 4.73. The van der Waals surface area contributed by atoms with Crippen molar-refractivity contribution in [2.24, 2.45) is 5.73 Å². The molecule has 0 heterocycles. The summed E-state index contributed by atoms with van der Waals surface area (Å²) in [5.41, 5.74) is 9.76. The molecular weight excluding hydrogens is 166 g/mol. The Balaban J connectivity index is 3.31. The van der Waals surface area contributed by atoms with Crippen molar-refractivity contribution in [2.75, 3.05) is 6.61 Å². The number of aliphatic carboxylic acids is 1. The lowest BCUT2D eigenvalue weighted by Gasteiger charge is -2.08. The van der Waals surface area contributed by atoms with Crippen LogP contribution in [0.25, 0.3) is 0 Å². The second-order valence-corrected chi connectivity index (χ2v) is 2.12. The topological polar surface area (TPSA) is 132 Å². The number of carbonyl (C=O) groups excluding carboxylic acids is 2. The Bertz CT molecular complexity index is 172. The number of primary amides is 1. The van der Waals surface area contributed by atoms with Crippen LogP contribution in [0.2, 0.25) is 0 Å². The summed E-state index contributed by atoms with van der Waals surface area (Å²) in [6.07, 6.45) is 0.155. The van der Waals surface area contributed by atoms with E-state index in [-0.39, 0.29) is 13.0 Å². The normalized spacial score (nSPS) is 12.1. The molecule has 0 saturated carbocycles. The molecule has 0 aromatic rings. The van der Waals surface area contributed by atoms with Crippen molar-refractivity contribution in [3.8, 4) is 0 Å². The zero-order chi connectivity index (χ0) is 9.56. The molecule has 7 nitrogen and oxygen atoms in total. The molecule has 70 valence electrons. The minimum atomic E-state index is -1.25. The third kappa shape index (κ3) is 5.45. The summed E-state index contributed by atoms with van der Waals surface area (Å²) in [5, 5.41) is 10.1. The van der Waals surface area contributed by atoms with Crippen LogP contribution >= 0.6 is 0 Å². The molecule has 0 spiro atoms. The van der Waals surface area contributed by atoms with Crippen LogP contribution in [0.1, 0.15) is 6.42 Å². The SMILES string of the molecule is NC(=O)NOCC[C@H]([NH3+])C(=O)[O-]. The van der Waals surface area contributed by atoms with Crippen molar-refractivity contribution in [3.63, 3.8) is 0 Å². The summed E-state index contributed by atoms with van der Waals surface area (Å²) in [5.74, 6) is -1.25. The van der Waals surface area contributed by atoms with Crippen LogP contribution in [-0.4, -0.2) is 24.6 Å². The fraction of sp³-hybridized carbons (Fsp3) is 0.600. The lowest BCUT2D eigenvalue weighted by atomic mass is 10.2. The van der Waals surface area contributed by atoms with Gasteiger partial charge in [-0.25, -0.2) is 10.3 Å². The number of hydroxylamine groups is 1. The van der Waals surface area contributed by atoms with Gasteiger partial charge in [0.1, 0.15) is 6.04 Å². The van der Waals surface area contributed by atoms with Crippen LogP contribution in [0.15, 0.2) is 0 Å². The van der Waals surface area contributed by atoms with E-state index in [1.807, 2.05) is 5.48 Å². The molecule has 0 rings (SSSR count). The molecule has 0 aliphatic rings. The highest BCUT2D eigenvalue weighted by molar-refractivity contribution is 5.70. The number of carboxylic acids is 1. The zero-order valence-corrected chi connectivity index (χ0v) is 6.41. The predicted octanol–water partition coefficient (Wildman–Crippen LogP) is -3.66. The van der Waals surface area contributed by atoms with E-state index < -0.39 is 18.0 Å². The summed E-state index contributed by atoms with van der Waals surface area (Å²) < 4.78 is 0. The Morgan fingerprint density at radius 1 is 1.67 bits per heavy atom. The summed E-state index contributed by atoms with van der Waals surface area (Å²) in [6.45, 7) is 0.0328. The van der Waals surface area contributed by atoms with Crippen LogP contribution in [0.4, 0.5) is 4.79 Å². The molecule has 0 aliphatic heterocycles. The largest absolute Gasteiger partial charge is 0.544 e. The standard InChI is InChI=1S/C5H11N3O4/c6-3(4(9)10)1-2-12-8-5(7)11/h3H,1-2,6H2,(H,9,10)(H3,7,8,11)/t3-/m0/s1. The van der Waals surface area contributed by atoms with Crippen LogP contribution < -0.4 is 22.1 Å². The molecule has 0 unspecified atom stereocenters. The minimum Gasteiger partial charge on any atom is -0.544 e. The molecule has 0 bridgehead atoms. The van der Waals surface area contributed by atoms with Crippen LogP contribution in [-0.2, 0) is 9.63 Å². The van der Waals surface area contributed by atoms with Crippen molar-refractivity contribution in [1.82, 2.24) is 5.48 Å². The van der Waals surface area contributed by atoms with Gasteiger partial charge in [0.05, 0.1) is 12.6 Å². The highest BCUT2D eigenvalue weighted by Crippen LogP contribution is 1.83. The van der Waals surface area contributed by atoms with Gasteiger partial charge in [0.2, 0.25) is 0 Å². The minimum absolute atomic E-state index is 0.0328. The van der Waals surface area contributed by atoms with E-state index in [0.29, 0.717) is 0 Å². The van der Waals surface area contributed by atoms with E-state index in [9.17, 15) is 14.7 Å². The lowest BCUT2D eigenvalue weighted by molar-refractivity contribution is -0.439. The predicted molar refractivity (Wildman–Crippen MR) is 35.0 cm³/mol. The molecule has 12 heavy (non-hydrogen) atoms. The van der Waals surface area contributed by atoms with Crippen molar-refractivity contribution >= 4 is 12.0 Å². The Morgan fingerprint density at radius 2 is 2.25 bits per heavy atom. The number of nitrogens with two attached hydrogens (primary N) is 1. The molecule has 7 heteroatoms.